The molecule has 1 aromatic carbocycles. The predicted molar refractivity (Wildman–Crippen MR) is 84.3 cm³/mol. The first-order chi connectivity index (χ1) is 9.27. The highest BCUT2D eigenvalue weighted by atomic mass is 16.5. The van der Waals surface area contributed by atoms with Crippen molar-refractivity contribution in [1.82, 2.24) is 5.32 Å². The smallest absolute Gasteiger partial charge is 0.119 e. The third-order valence-corrected chi connectivity index (χ3v) is 3.68. The summed E-state index contributed by atoms with van der Waals surface area (Å²) in [5, 5.41) is 14.3. The number of hydrogen-bond acceptors (Lipinski definition) is 3. The molecule has 0 saturated carbocycles. The Morgan fingerprint density at radius 1 is 1.05 bits per heavy atom. The van der Waals surface area contributed by atoms with Crippen LogP contribution in [0, 0.1) is 19.8 Å². The third kappa shape index (κ3) is 3.97. The minimum atomic E-state index is -0.511. The Balaban J connectivity index is 3.14. The van der Waals surface area contributed by atoms with Crippen LogP contribution in [-0.2, 0) is 0 Å². The van der Waals surface area contributed by atoms with Crippen LogP contribution in [-0.4, -0.2) is 24.3 Å². The van der Waals surface area contributed by atoms with E-state index < -0.39 is 6.10 Å². The van der Waals surface area contributed by atoms with Gasteiger partial charge in [0.25, 0.3) is 0 Å². The first kappa shape index (κ1) is 17.0. The second kappa shape index (κ2) is 7.09. The Kier molecular flexibility index (Phi) is 6.03. The summed E-state index contributed by atoms with van der Waals surface area (Å²) < 4.78 is 5.29. The number of aliphatic hydroxyl groups is 1. The summed E-state index contributed by atoms with van der Waals surface area (Å²) in [6, 6.07) is 4.35. The van der Waals surface area contributed by atoms with Crippen molar-refractivity contribution in [3.05, 3.63) is 28.8 Å². The Hall–Kier alpha value is -1.06. The van der Waals surface area contributed by atoms with Gasteiger partial charge < -0.3 is 15.2 Å². The van der Waals surface area contributed by atoms with Crippen LogP contribution in [0.1, 0.15) is 50.5 Å². The molecule has 0 aromatic heterocycles. The second-order valence-corrected chi connectivity index (χ2v) is 6.21. The van der Waals surface area contributed by atoms with Crippen molar-refractivity contribution in [1.29, 1.82) is 0 Å². The number of aliphatic hydroxyl groups excluding tert-OH is 1. The fourth-order valence-corrected chi connectivity index (χ4v) is 2.73. The van der Waals surface area contributed by atoms with Gasteiger partial charge in [-0.3, -0.25) is 0 Å². The van der Waals surface area contributed by atoms with E-state index in [1.165, 1.54) is 0 Å². The number of aryl methyl sites for hydroxylation is 2. The van der Waals surface area contributed by atoms with Gasteiger partial charge in [-0.1, -0.05) is 27.7 Å². The monoisotopic (exact) mass is 279 g/mol. The molecule has 0 bridgehead atoms. The van der Waals surface area contributed by atoms with Crippen molar-refractivity contribution >= 4 is 0 Å². The van der Waals surface area contributed by atoms with E-state index in [0.29, 0.717) is 12.0 Å². The van der Waals surface area contributed by atoms with E-state index in [2.05, 4.69) is 33.0 Å². The van der Waals surface area contributed by atoms with Crippen LogP contribution < -0.4 is 10.1 Å². The number of ether oxygens (including phenoxy) is 1. The molecular weight excluding hydrogens is 250 g/mol. The fraction of sp³-hybridized carbons (Fsp3) is 0.647. The summed E-state index contributed by atoms with van der Waals surface area (Å²) in [6.07, 6.45) is -0.511. The Morgan fingerprint density at radius 2 is 1.55 bits per heavy atom. The summed E-state index contributed by atoms with van der Waals surface area (Å²) in [5.74, 6) is 1.20. The summed E-state index contributed by atoms with van der Waals surface area (Å²) in [5.41, 5.74) is 3.16. The quantitative estimate of drug-likeness (QED) is 0.839. The zero-order valence-corrected chi connectivity index (χ0v) is 13.8. The highest BCUT2D eigenvalue weighted by Crippen LogP contribution is 2.31. The van der Waals surface area contributed by atoms with Gasteiger partial charge >= 0.3 is 0 Å². The SMILES string of the molecule is COc1cc(C)c(C(O)C(NC(C)C)C(C)C)c(C)c1. The van der Waals surface area contributed by atoms with Crippen molar-refractivity contribution in [2.24, 2.45) is 5.92 Å². The van der Waals surface area contributed by atoms with Gasteiger partial charge in [0.1, 0.15) is 5.75 Å². The van der Waals surface area contributed by atoms with E-state index in [9.17, 15) is 5.11 Å². The van der Waals surface area contributed by atoms with Crippen molar-refractivity contribution in [2.45, 2.75) is 59.7 Å². The van der Waals surface area contributed by atoms with E-state index in [0.717, 1.165) is 22.4 Å². The van der Waals surface area contributed by atoms with E-state index in [1.54, 1.807) is 7.11 Å². The Labute approximate surface area is 123 Å². The third-order valence-electron chi connectivity index (χ3n) is 3.68. The first-order valence-corrected chi connectivity index (χ1v) is 7.37. The maximum absolute atomic E-state index is 10.8. The summed E-state index contributed by atoms with van der Waals surface area (Å²) in [6.45, 7) is 12.5. The van der Waals surface area contributed by atoms with Crippen molar-refractivity contribution < 1.29 is 9.84 Å². The van der Waals surface area contributed by atoms with Crippen LogP contribution in [0.5, 0.6) is 5.75 Å². The molecule has 0 aliphatic carbocycles. The number of methoxy groups -OCH3 is 1. The van der Waals surface area contributed by atoms with Gasteiger partial charge in [0.2, 0.25) is 0 Å². The van der Waals surface area contributed by atoms with Gasteiger partial charge in [0, 0.05) is 12.1 Å². The number of rotatable bonds is 6. The van der Waals surface area contributed by atoms with Gasteiger partial charge in [-0.2, -0.15) is 0 Å². The number of nitrogens with one attached hydrogen (secondary N) is 1. The van der Waals surface area contributed by atoms with Gasteiger partial charge in [-0.25, -0.2) is 0 Å². The Bertz CT molecular complexity index is 418. The molecule has 20 heavy (non-hydrogen) atoms. The maximum Gasteiger partial charge on any atom is 0.119 e. The van der Waals surface area contributed by atoms with Gasteiger partial charge in [0.15, 0.2) is 0 Å². The minimum Gasteiger partial charge on any atom is -0.497 e. The summed E-state index contributed by atoms with van der Waals surface area (Å²) in [7, 11) is 1.67. The normalized spacial score (nSPS) is 14.7. The van der Waals surface area contributed by atoms with Crippen LogP contribution in [0.2, 0.25) is 0 Å². The molecule has 0 fully saturated rings. The van der Waals surface area contributed by atoms with E-state index in [4.69, 9.17) is 4.74 Å². The van der Waals surface area contributed by atoms with Gasteiger partial charge in [0.05, 0.1) is 13.2 Å². The standard InChI is InChI=1S/C17H29NO2/c1-10(2)16(18-11(3)4)17(19)15-12(5)8-14(20-7)9-13(15)6/h8-11,16-19H,1-7H3. The fourth-order valence-electron chi connectivity index (χ4n) is 2.73. The topological polar surface area (TPSA) is 41.5 Å². The van der Waals surface area contributed by atoms with Gasteiger partial charge in [-0.15, -0.1) is 0 Å². The zero-order valence-electron chi connectivity index (χ0n) is 13.8. The van der Waals surface area contributed by atoms with E-state index in [-0.39, 0.29) is 6.04 Å². The first-order valence-electron chi connectivity index (χ1n) is 7.37. The molecule has 0 aliphatic rings. The molecule has 3 heteroatoms. The lowest BCUT2D eigenvalue weighted by molar-refractivity contribution is 0.0991. The molecule has 0 spiro atoms. The lowest BCUT2D eigenvalue weighted by Crippen LogP contribution is -2.43. The van der Waals surface area contributed by atoms with Crippen LogP contribution in [0.25, 0.3) is 0 Å². The molecule has 0 radical (unpaired) electrons. The molecule has 1 aromatic rings. The van der Waals surface area contributed by atoms with E-state index >= 15 is 0 Å². The molecule has 0 heterocycles. The highest BCUT2D eigenvalue weighted by Gasteiger charge is 2.27. The van der Waals surface area contributed by atoms with Crippen molar-refractivity contribution in [3.63, 3.8) is 0 Å². The predicted octanol–water partition coefficient (Wildman–Crippen LogP) is 3.37. The van der Waals surface area contributed by atoms with Crippen LogP contribution in [0.4, 0.5) is 0 Å². The molecule has 1 rings (SSSR count). The summed E-state index contributed by atoms with van der Waals surface area (Å²) in [4.78, 5) is 0. The molecule has 0 amide bonds. The second-order valence-electron chi connectivity index (χ2n) is 6.21. The van der Waals surface area contributed by atoms with Crippen molar-refractivity contribution in [3.8, 4) is 5.75 Å². The molecule has 2 N–H and O–H groups in total. The average Bonchev–Trinajstić information content (AvgIpc) is 2.34. The van der Waals surface area contributed by atoms with Gasteiger partial charge in [-0.05, 0) is 48.6 Å². The zero-order chi connectivity index (χ0) is 15.4. The van der Waals surface area contributed by atoms with E-state index in [1.807, 2.05) is 26.0 Å². The summed E-state index contributed by atoms with van der Waals surface area (Å²) >= 11 is 0. The Morgan fingerprint density at radius 3 is 1.90 bits per heavy atom. The molecule has 2 atom stereocenters. The lowest BCUT2D eigenvalue weighted by atomic mass is 9.88. The molecule has 114 valence electrons. The average molecular weight is 279 g/mol. The minimum absolute atomic E-state index is 0.0424. The molecule has 3 nitrogen and oxygen atoms in total. The largest absolute Gasteiger partial charge is 0.497 e. The van der Waals surface area contributed by atoms with Crippen LogP contribution >= 0.6 is 0 Å². The molecule has 0 aliphatic heterocycles. The maximum atomic E-state index is 10.8. The van der Waals surface area contributed by atoms with Crippen LogP contribution in [0.15, 0.2) is 12.1 Å². The molecule has 0 saturated heterocycles. The van der Waals surface area contributed by atoms with Crippen molar-refractivity contribution in [2.75, 3.05) is 7.11 Å². The highest BCUT2D eigenvalue weighted by molar-refractivity contribution is 5.42. The molecule has 2 unspecified atom stereocenters. The number of hydrogen-bond donors (Lipinski definition) is 2. The number of benzene rings is 1. The van der Waals surface area contributed by atoms with Crippen LogP contribution in [0.3, 0.4) is 0 Å². The lowest BCUT2D eigenvalue weighted by Gasteiger charge is -2.31. The molecular formula is C17H29NO2.